The van der Waals surface area contributed by atoms with Crippen molar-refractivity contribution in [3.8, 4) is 0 Å². The van der Waals surface area contributed by atoms with Gasteiger partial charge in [-0.3, -0.25) is 4.79 Å². The molecular formula is C17H22ClN5O3. The zero-order chi connectivity index (χ0) is 17.8. The quantitative estimate of drug-likeness (QED) is 0.589. The monoisotopic (exact) mass is 379 g/mol. The van der Waals surface area contributed by atoms with Gasteiger partial charge in [-0.1, -0.05) is 24.3 Å². The number of aromatic nitrogens is 2. The van der Waals surface area contributed by atoms with Gasteiger partial charge in [0, 0.05) is 32.5 Å². The molecule has 1 aliphatic heterocycles. The maximum absolute atomic E-state index is 12.1. The van der Waals surface area contributed by atoms with E-state index in [2.05, 4.69) is 27.8 Å². The van der Waals surface area contributed by atoms with Gasteiger partial charge in [0.05, 0.1) is 0 Å². The number of nitro groups is 1. The second-order valence-corrected chi connectivity index (χ2v) is 6.11. The average molecular weight is 380 g/mol. The van der Waals surface area contributed by atoms with Crippen molar-refractivity contribution in [3.05, 3.63) is 57.5 Å². The van der Waals surface area contributed by atoms with Crippen LogP contribution in [0.3, 0.4) is 0 Å². The van der Waals surface area contributed by atoms with E-state index in [0.29, 0.717) is 18.9 Å². The van der Waals surface area contributed by atoms with Gasteiger partial charge in [0.25, 0.3) is 0 Å². The van der Waals surface area contributed by atoms with Crippen molar-refractivity contribution in [2.45, 2.75) is 32.4 Å². The van der Waals surface area contributed by atoms with Gasteiger partial charge in [0.15, 0.2) is 0 Å². The number of aryl methyl sites for hydroxylation is 2. The Bertz CT molecular complexity index is 792. The molecule has 0 radical (unpaired) electrons. The molecule has 0 bridgehead atoms. The van der Waals surface area contributed by atoms with E-state index in [-0.39, 0.29) is 36.6 Å². The number of nitrogens with zero attached hydrogens (tertiary/aromatic N) is 3. The van der Waals surface area contributed by atoms with E-state index in [4.69, 9.17) is 0 Å². The van der Waals surface area contributed by atoms with Crippen LogP contribution in [0.1, 0.15) is 29.4 Å². The summed E-state index contributed by atoms with van der Waals surface area (Å²) >= 11 is 0. The lowest BCUT2D eigenvalue weighted by Gasteiger charge is -2.27. The molecule has 2 heterocycles. The summed E-state index contributed by atoms with van der Waals surface area (Å²) < 4.78 is 1.63. The molecule has 1 aromatic carbocycles. The number of amides is 1. The number of halogens is 1. The highest BCUT2D eigenvalue weighted by Crippen LogP contribution is 2.21. The van der Waals surface area contributed by atoms with E-state index in [9.17, 15) is 14.9 Å². The van der Waals surface area contributed by atoms with E-state index >= 15 is 0 Å². The highest BCUT2D eigenvalue weighted by atomic mass is 35.5. The molecule has 8 nitrogen and oxygen atoms in total. The Labute approximate surface area is 157 Å². The molecule has 1 aromatic heterocycles. The number of rotatable bonds is 6. The van der Waals surface area contributed by atoms with E-state index < -0.39 is 4.92 Å². The number of fused-ring (bicyclic) bond motifs is 1. The van der Waals surface area contributed by atoms with Crippen molar-refractivity contribution < 1.29 is 9.72 Å². The molecule has 3 rings (SSSR count). The van der Waals surface area contributed by atoms with Crippen LogP contribution in [-0.2, 0) is 17.8 Å². The third-order valence-electron chi connectivity index (χ3n) is 4.45. The lowest BCUT2D eigenvalue weighted by molar-refractivity contribution is -0.389. The standard InChI is InChI=1S/C17H21N5O3.ClH/c1-12-20-16(22(24)25)11-21(12)9-7-17(23)19-10-15-14-5-3-2-4-13(14)6-8-18-15;/h2-5,11,15,18H,6-10H2,1H3,(H,19,23);1H. The molecule has 9 heteroatoms. The molecule has 0 spiro atoms. The SMILES string of the molecule is Cc1nc([N+](=O)[O-])cn1CCC(=O)NCC1NCCc2ccccc21.Cl. The van der Waals surface area contributed by atoms with Gasteiger partial charge < -0.3 is 25.3 Å². The van der Waals surface area contributed by atoms with Crippen LogP contribution in [0.25, 0.3) is 0 Å². The van der Waals surface area contributed by atoms with Gasteiger partial charge in [-0.05, 0) is 34.0 Å². The second-order valence-electron chi connectivity index (χ2n) is 6.11. The summed E-state index contributed by atoms with van der Waals surface area (Å²) in [5.74, 6) is 0.254. The molecule has 2 N–H and O–H groups in total. The molecule has 1 amide bonds. The first kappa shape index (κ1) is 19.9. The van der Waals surface area contributed by atoms with E-state index in [1.165, 1.54) is 17.3 Å². The molecule has 0 saturated heterocycles. The number of imidazole rings is 1. The predicted molar refractivity (Wildman–Crippen MR) is 99.4 cm³/mol. The highest BCUT2D eigenvalue weighted by Gasteiger charge is 2.20. The minimum absolute atomic E-state index is 0. The Balaban J connectivity index is 0.00000243. The summed E-state index contributed by atoms with van der Waals surface area (Å²) in [5, 5.41) is 17.1. The summed E-state index contributed by atoms with van der Waals surface area (Å²) in [6.45, 7) is 3.48. The smallest absolute Gasteiger partial charge is 0.358 e. The fourth-order valence-electron chi connectivity index (χ4n) is 3.11. The summed E-state index contributed by atoms with van der Waals surface area (Å²) in [6, 6.07) is 8.37. The van der Waals surface area contributed by atoms with Crippen LogP contribution in [0.4, 0.5) is 5.82 Å². The molecule has 1 atom stereocenters. The van der Waals surface area contributed by atoms with E-state index in [1.807, 2.05) is 12.1 Å². The van der Waals surface area contributed by atoms with Gasteiger partial charge in [-0.25, -0.2) is 0 Å². The predicted octanol–water partition coefficient (Wildman–Crippen LogP) is 1.91. The minimum atomic E-state index is -0.532. The Morgan fingerprint density at radius 1 is 1.46 bits per heavy atom. The van der Waals surface area contributed by atoms with Crippen molar-refractivity contribution in [2.24, 2.45) is 0 Å². The first-order chi connectivity index (χ1) is 12.0. The first-order valence-electron chi connectivity index (χ1n) is 8.30. The fraction of sp³-hybridized carbons (Fsp3) is 0.412. The van der Waals surface area contributed by atoms with Crippen LogP contribution < -0.4 is 10.6 Å². The third-order valence-corrected chi connectivity index (χ3v) is 4.45. The molecule has 0 fully saturated rings. The van der Waals surface area contributed by atoms with Gasteiger partial charge >= 0.3 is 5.82 Å². The summed E-state index contributed by atoms with van der Waals surface area (Å²) in [6.07, 6.45) is 2.61. The summed E-state index contributed by atoms with van der Waals surface area (Å²) in [5.41, 5.74) is 2.55. The molecule has 0 aliphatic carbocycles. The van der Waals surface area contributed by atoms with E-state index in [1.54, 1.807) is 11.5 Å². The van der Waals surface area contributed by atoms with Crippen molar-refractivity contribution in [2.75, 3.05) is 13.1 Å². The maximum Gasteiger partial charge on any atom is 0.381 e. The van der Waals surface area contributed by atoms with Crippen LogP contribution in [0.15, 0.2) is 30.5 Å². The number of carbonyl (C=O) groups is 1. The van der Waals surface area contributed by atoms with Crippen molar-refractivity contribution in [1.82, 2.24) is 20.2 Å². The molecule has 0 saturated carbocycles. The van der Waals surface area contributed by atoms with Gasteiger partial charge in [-0.15, -0.1) is 12.4 Å². The number of nitrogens with one attached hydrogen (secondary N) is 2. The normalized spacial score (nSPS) is 15.7. The number of hydrogen-bond acceptors (Lipinski definition) is 5. The van der Waals surface area contributed by atoms with Crippen LogP contribution >= 0.6 is 12.4 Å². The Hall–Kier alpha value is -2.45. The Morgan fingerprint density at radius 3 is 2.96 bits per heavy atom. The minimum Gasteiger partial charge on any atom is -0.358 e. The molecule has 140 valence electrons. The second kappa shape index (κ2) is 8.77. The topological polar surface area (TPSA) is 102 Å². The molecular weight excluding hydrogens is 358 g/mol. The molecule has 26 heavy (non-hydrogen) atoms. The van der Waals surface area contributed by atoms with Crippen LogP contribution in [-0.4, -0.2) is 33.5 Å². The Morgan fingerprint density at radius 2 is 2.23 bits per heavy atom. The summed E-state index contributed by atoms with van der Waals surface area (Å²) in [7, 11) is 0. The summed E-state index contributed by atoms with van der Waals surface area (Å²) in [4.78, 5) is 26.2. The van der Waals surface area contributed by atoms with Crippen LogP contribution in [0.2, 0.25) is 0 Å². The molecule has 1 aliphatic rings. The van der Waals surface area contributed by atoms with Gasteiger partial charge in [0.1, 0.15) is 6.20 Å². The average Bonchev–Trinajstić information content (AvgIpc) is 2.99. The van der Waals surface area contributed by atoms with Crippen LogP contribution in [0, 0.1) is 17.0 Å². The maximum atomic E-state index is 12.1. The van der Waals surface area contributed by atoms with Crippen molar-refractivity contribution >= 4 is 24.1 Å². The largest absolute Gasteiger partial charge is 0.381 e. The molecule has 2 aromatic rings. The number of hydrogen-bond donors (Lipinski definition) is 2. The zero-order valence-corrected chi connectivity index (χ0v) is 15.3. The zero-order valence-electron chi connectivity index (χ0n) is 14.5. The van der Waals surface area contributed by atoms with Gasteiger partial charge in [-0.2, -0.15) is 0 Å². The van der Waals surface area contributed by atoms with E-state index in [0.717, 1.165) is 13.0 Å². The van der Waals surface area contributed by atoms with Crippen LogP contribution in [0.5, 0.6) is 0 Å². The highest BCUT2D eigenvalue weighted by molar-refractivity contribution is 5.85. The first-order valence-corrected chi connectivity index (χ1v) is 8.30. The fourth-order valence-corrected chi connectivity index (χ4v) is 3.11. The Kier molecular flexibility index (Phi) is 6.70. The van der Waals surface area contributed by atoms with Crippen molar-refractivity contribution in [1.29, 1.82) is 0 Å². The number of benzene rings is 1. The lowest BCUT2D eigenvalue weighted by atomic mass is 9.94. The molecule has 1 unspecified atom stereocenters. The number of carbonyl (C=O) groups excluding carboxylic acids is 1. The lowest BCUT2D eigenvalue weighted by Crippen LogP contribution is -2.39. The van der Waals surface area contributed by atoms with Crippen molar-refractivity contribution in [3.63, 3.8) is 0 Å². The third kappa shape index (κ3) is 4.59. The van der Waals surface area contributed by atoms with Gasteiger partial charge in [0.2, 0.25) is 11.7 Å².